The standard InChI is InChI=1S/C21H32N6O5S/c1-8(2)14-15-9(3)17(16(20(31)32)27(15)19(14)30)33-10-4-11(24-5-10)18(29)26-6-12(13(28)7-26)25-21(22)23/h8-15,24,28H,4-7H2,1-3H3,(H,31,32)(H4,22,23,25)/t9-,10+,11+,12?,13-,14-,15-/m1/s1. The van der Waals surface area contributed by atoms with Gasteiger partial charge < -0.3 is 36.4 Å². The van der Waals surface area contributed by atoms with E-state index in [0.717, 1.165) is 0 Å². The minimum absolute atomic E-state index is 0.00396. The number of carboxylic acid groups (broad SMARTS) is 1. The fourth-order valence-corrected chi connectivity index (χ4v) is 7.03. The third-order valence-corrected chi connectivity index (χ3v) is 8.64. The fourth-order valence-electron chi connectivity index (χ4n) is 5.56. The number of amides is 2. The highest BCUT2D eigenvalue weighted by Gasteiger charge is 2.59. The minimum Gasteiger partial charge on any atom is -0.477 e. The lowest BCUT2D eigenvalue weighted by atomic mass is 9.75. The van der Waals surface area contributed by atoms with Crippen LogP contribution in [-0.4, -0.2) is 92.9 Å². The third-order valence-electron chi connectivity index (χ3n) is 7.13. The molecule has 182 valence electrons. The van der Waals surface area contributed by atoms with Crippen molar-refractivity contribution in [3.05, 3.63) is 10.6 Å². The van der Waals surface area contributed by atoms with Crippen LogP contribution in [0.25, 0.3) is 0 Å². The summed E-state index contributed by atoms with van der Waals surface area (Å²) in [6.45, 7) is 6.93. The second-order valence-corrected chi connectivity index (χ2v) is 11.0. The second-order valence-electron chi connectivity index (χ2n) is 9.69. The molecule has 0 saturated carbocycles. The molecule has 7 N–H and O–H groups in total. The van der Waals surface area contributed by atoms with Crippen LogP contribution in [0.1, 0.15) is 27.2 Å². The van der Waals surface area contributed by atoms with Crippen molar-refractivity contribution < 1.29 is 24.6 Å². The zero-order valence-electron chi connectivity index (χ0n) is 18.9. The number of nitrogens with zero attached hydrogens (tertiary/aromatic N) is 2. The number of nitrogens with one attached hydrogen (secondary N) is 3. The first-order valence-electron chi connectivity index (χ1n) is 11.3. The van der Waals surface area contributed by atoms with E-state index in [1.165, 1.54) is 16.7 Å². The van der Waals surface area contributed by atoms with Gasteiger partial charge in [0.25, 0.3) is 0 Å². The van der Waals surface area contributed by atoms with Gasteiger partial charge in [-0.15, -0.1) is 11.8 Å². The van der Waals surface area contributed by atoms with Gasteiger partial charge in [-0.05, 0) is 12.3 Å². The lowest BCUT2D eigenvalue weighted by molar-refractivity contribution is -0.159. The van der Waals surface area contributed by atoms with Gasteiger partial charge in [0.1, 0.15) is 5.70 Å². The molecule has 0 aromatic carbocycles. The predicted octanol–water partition coefficient (Wildman–Crippen LogP) is -1.07. The van der Waals surface area contributed by atoms with E-state index in [0.29, 0.717) is 17.9 Å². The van der Waals surface area contributed by atoms with Crippen molar-refractivity contribution in [2.75, 3.05) is 19.6 Å². The molecule has 2 amide bonds. The molecule has 0 radical (unpaired) electrons. The third kappa shape index (κ3) is 4.08. The molecule has 4 heterocycles. The van der Waals surface area contributed by atoms with Crippen molar-refractivity contribution in [2.45, 2.75) is 56.7 Å². The largest absolute Gasteiger partial charge is 0.477 e. The van der Waals surface area contributed by atoms with Crippen LogP contribution < -0.4 is 16.4 Å². The Bertz CT molecular complexity index is 910. The number of carboxylic acids is 1. The van der Waals surface area contributed by atoms with Crippen molar-refractivity contribution in [3.8, 4) is 0 Å². The van der Waals surface area contributed by atoms with Crippen molar-refractivity contribution in [3.63, 3.8) is 0 Å². The van der Waals surface area contributed by atoms with Crippen molar-refractivity contribution in [2.24, 2.45) is 23.5 Å². The number of carbonyl (C=O) groups is 3. The molecule has 3 saturated heterocycles. The number of aliphatic carboxylic acids is 1. The van der Waals surface area contributed by atoms with Crippen LogP contribution in [0.15, 0.2) is 10.6 Å². The average Bonchev–Trinajstić information content (AvgIpc) is 3.38. The van der Waals surface area contributed by atoms with Crippen LogP contribution in [0, 0.1) is 23.2 Å². The molecule has 4 aliphatic rings. The molecule has 12 heteroatoms. The number of fused-ring (bicyclic) bond motifs is 1. The molecule has 0 aliphatic carbocycles. The van der Waals surface area contributed by atoms with Gasteiger partial charge in [0.05, 0.1) is 30.1 Å². The van der Waals surface area contributed by atoms with E-state index in [1.54, 1.807) is 4.90 Å². The van der Waals surface area contributed by atoms with Crippen LogP contribution >= 0.6 is 11.8 Å². The summed E-state index contributed by atoms with van der Waals surface area (Å²) in [5.74, 6) is -1.66. The lowest BCUT2D eigenvalue weighted by Crippen LogP contribution is -2.62. The number of thioether (sulfide) groups is 1. The number of β-amino-alcohol motifs (C(OH)–C–C–N with tert-alkyl or cyclic N) is 1. The summed E-state index contributed by atoms with van der Waals surface area (Å²) in [5.41, 5.74) is 5.44. The second kappa shape index (κ2) is 8.80. The maximum absolute atomic E-state index is 13.0. The molecule has 0 bridgehead atoms. The highest BCUT2D eigenvalue weighted by molar-refractivity contribution is 8.03. The Labute approximate surface area is 196 Å². The molecule has 33 heavy (non-hydrogen) atoms. The normalized spacial score (nSPS) is 35.8. The van der Waals surface area contributed by atoms with Gasteiger partial charge in [0.2, 0.25) is 11.8 Å². The van der Waals surface area contributed by atoms with Crippen LogP contribution in [-0.2, 0) is 14.4 Å². The summed E-state index contributed by atoms with van der Waals surface area (Å²) in [5, 5.41) is 33.2. The average molecular weight is 481 g/mol. The maximum atomic E-state index is 13.0. The van der Waals surface area contributed by atoms with E-state index in [9.17, 15) is 24.6 Å². The van der Waals surface area contributed by atoms with Gasteiger partial charge in [0, 0.05) is 35.7 Å². The SMILES string of the molecule is CC(C)[C@H]1C(=O)N2C(C(=O)O)=C(S[C@@H]3CN[C@H](C(=O)N4CC(NC(=N)N)[C@H](O)C4)C3)[C@H](C)[C@H]12. The first-order valence-corrected chi connectivity index (χ1v) is 12.2. The fraction of sp³-hybridized carbons (Fsp3) is 0.714. The first kappa shape index (κ1) is 23.8. The molecular formula is C21H32N6O5S. The maximum Gasteiger partial charge on any atom is 0.353 e. The van der Waals surface area contributed by atoms with Crippen molar-refractivity contribution >= 4 is 35.5 Å². The summed E-state index contributed by atoms with van der Waals surface area (Å²) in [6, 6.07) is -1.02. The molecule has 11 nitrogen and oxygen atoms in total. The zero-order valence-corrected chi connectivity index (χ0v) is 19.8. The number of likely N-dealkylation sites (tertiary alicyclic amines) is 1. The number of carbonyl (C=O) groups excluding carboxylic acids is 2. The van der Waals surface area contributed by atoms with E-state index in [-0.39, 0.29) is 65.6 Å². The molecule has 3 fully saturated rings. The number of aliphatic hydroxyl groups excluding tert-OH is 1. The van der Waals surface area contributed by atoms with E-state index in [1.807, 2.05) is 20.8 Å². The monoisotopic (exact) mass is 480 g/mol. The number of rotatable bonds is 6. The molecular weight excluding hydrogens is 448 g/mol. The Morgan fingerprint density at radius 1 is 1.33 bits per heavy atom. The number of nitrogens with two attached hydrogens (primary N) is 1. The Hall–Kier alpha value is -2.31. The summed E-state index contributed by atoms with van der Waals surface area (Å²) in [6.07, 6.45) is -0.279. The number of β-lactam (4-membered cyclic amide) rings is 1. The van der Waals surface area contributed by atoms with Gasteiger partial charge >= 0.3 is 5.97 Å². The summed E-state index contributed by atoms with van der Waals surface area (Å²) in [7, 11) is 0. The molecule has 7 atom stereocenters. The van der Waals surface area contributed by atoms with Gasteiger partial charge in [-0.2, -0.15) is 0 Å². The molecule has 0 spiro atoms. The minimum atomic E-state index is -1.09. The van der Waals surface area contributed by atoms with Crippen molar-refractivity contribution in [1.82, 2.24) is 20.4 Å². The number of hydrogen-bond donors (Lipinski definition) is 6. The number of aliphatic hydroxyl groups is 1. The Morgan fingerprint density at radius 2 is 2.03 bits per heavy atom. The van der Waals surface area contributed by atoms with E-state index in [2.05, 4.69) is 10.6 Å². The molecule has 1 unspecified atom stereocenters. The first-order chi connectivity index (χ1) is 15.5. The molecule has 0 aromatic rings. The van der Waals surface area contributed by atoms with E-state index < -0.39 is 24.2 Å². The Kier molecular flexibility index (Phi) is 6.36. The summed E-state index contributed by atoms with van der Waals surface area (Å²) < 4.78 is 0. The quantitative estimate of drug-likeness (QED) is 0.157. The van der Waals surface area contributed by atoms with Crippen molar-refractivity contribution in [1.29, 1.82) is 5.41 Å². The van der Waals surface area contributed by atoms with Gasteiger partial charge in [-0.1, -0.05) is 20.8 Å². The zero-order chi connectivity index (χ0) is 24.2. The van der Waals surface area contributed by atoms with Gasteiger partial charge in [-0.3, -0.25) is 15.0 Å². The van der Waals surface area contributed by atoms with Crippen LogP contribution in [0.2, 0.25) is 0 Å². The lowest BCUT2D eigenvalue weighted by Gasteiger charge is -2.47. The van der Waals surface area contributed by atoms with E-state index in [4.69, 9.17) is 11.1 Å². The van der Waals surface area contributed by atoms with Gasteiger partial charge in [-0.25, -0.2) is 4.79 Å². The molecule has 0 aromatic heterocycles. The van der Waals surface area contributed by atoms with Crippen LogP contribution in [0.4, 0.5) is 0 Å². The summed E-state index contributed by atoms with van der Waals surface area (Å²) in [4.78, 5) is 41.4. The smallest absolute Gasteiger partial charge is 0.353 e. The Balaban J connectivity index is 1.41. The Morgan fingerprint density at radius 3 is 2.64 bits per heavy atom. The summed E-state index contributed by atoms with van der Waals surface area (Å²) >= 11 is 1.46. The highest BCUT2D eigenvalue weighted by atomic mass is 32.2. The number of hydrogen-bond acceptors (Lipinski definition) is 7. The van der Waals surface area contributed by atoms with Crippen LogP contribution in [0.3, 0.4) is 0 Å². The predicted molar refractivity (Wildman–Crippen MR) is 122 cm³/mol. The number of guanidine groups is 1. The molecule has 4 rings (SSSR count). The highest BCUT2D eigenvalue weighted by Crippen LogP contribution is 2.52. The molecule has 4 aliphatic heterocycles. The topological polar surface area (TPSA) is 172 Å². The van der Waals surface area contributed by atoms with Gasteiger partial charge in [0.15, 0.2) is 5.96 Å². The van der Waals surface area contributed by atoms with Crippen LogP contribution in [0.5, 0.6) is 0 Å². The van der Waals surface area contributed by atoms with E-state index >= 15 is 0 Å².